The van der Waals surface area contributed by atoms with Gasteiger partial charge in [0.15, 0.2) is 5.75 Å². The van der Waals surface area contributed by atoms with Crippen LogP contribution in [-0.4, -0.2) is 11.8 Å². The van der Waals surface area contributed by atoms with Crippen LogP contribution in [0.1, 0.15) is 12.0 Å². The van der Waals surface area contributed by atoms with E-state index in [1.54, 1.807) is 18.2 Å². The van der Waals surface area contributed by atoms with Crippen molar-refractivity contribution in [3.05, 3.63) is 90.5 Å². The zero-order valence-corrected chi connectivity index (χ0v) is 14.7. The molecule has 2 amide bonds. The van der Waals surface area contributed by atoms with Gasteiger partial charge in [-0.2, -0.15) is 0 Å². The summed E-state index contributed by atoms with van der Waals surface area (Å²) in [7, 11) is 0. The molecule has 0 saturated carbocycles. The van der Waals surface area contributed by atoms with Gasteiger partial charge in [0.1, 0.15) is 12.2 Å². The number of carbonyl (C=O) groups is 2. The molecule has 0 fully saturated rings. The van der Waals surface area contributed by atoms with Gasteiger partial charge in [-0.25, -0.2) is 0 Å². The number of hydrogen-bond acceptors (Lipinski definition) is 3. The van der Waals surface area contributed by atoms with E-state index < -0.39 is 5.91 Å². The maximum atomic E-state index is 12.2. The van der Waals surface area contributed by atoms with Crippen LogP contribution < -0.4 is 15.4 Å². The van der Waals surface area contributed by atoms with E-state index in [9.17, 15) is 9.59 Å². The minimum Gasteiger partial charge on any atom is -0.455 e. The molecule has 0 spiro atoms. The second kappa shape index (κ2) is 9.20. The van der Waals surface area contributed by atoms with Crippen LogP contribution in [0.4, 0.5) is 5.69 Å². The molecule has 0 atom stereocenters. The van der Waals surface area contributed by atoms with Gasteiger partial charge in [-0.1, -0.05) is 60.7 Å². The van der Waals surface area contributed by atoms with Crippen LogP contribution in [0.3, 0.4) is 0 Å². The van der Waals surface area contributed by atoms with Crippen molar-refractivity contribution in [3.8, 4) is 11.5 Å². The first kappa shape index (κ1) is 18.2. The largest absolute Gasteiger partial charge is 0.455 e. The number of hydrogen-bond donors (Lipinski definition) is 2. The Kier molecular flexibility index (Phi) is 6.20. The van der Waals surface area contributed by atoms with E-state index in [0.717, 1.165) is 5.56 Å². The molecule has 3 aromatic rings. The van der Waals surface area contributed by atoms with Crippen LogP contribution >= 0.6 is 0 Å². The molecular weight excluding hydrogens is 340 g/mol. The van der Waals surface area contributed by atoms with Crippen molar-refractivity contribution in [2.75, 3.05) is 5.32 Å². The molecule has 0 saturated heterocycles. The zero-order chi connectivity index (χ0) is 18.9. The second-order valence-electron chi connectivity index (χ2n) is 5.90. The minimum atomic E-state index is -0.398. The Labute approximate surface area is 158 Å². The maximum Gasteiger partial charge on any atom is 0.233 e. The van der Waals surface area contributed by atoms with Crippen molar-refractivity contribution in [3.63, 3.8) is 0 Å². The quantitative estimate of drug-likeness (QED) is 0.623. The average Bonchev–Trinajstić information content (AvgIpc) is 2.69. The summed E-state index contributed by atoms with van der Waals surface area (Å²) in [4.78, 5) is 24.2. The number of nitrogens with one attached hydrogen (secondary N) is 2. The molecule has 0 bridgehead atoms. The molecule has 5 heteroatoms. The first-order valence-electron chi connectivity index (χ1n) is 8.63. The van der Waals surface area contributed by atoms with Gasteiger partial charge < -0.3 is 15.4 Å². The van der Waals surface area contributed by atoms with E-state index in [2.05, 4.69) is 10.6 Å². The summed E-state index contributed by atoms with van der Waals surface area (Å²) < 4.78 is 5.81. The molecule has 2 N–H and O–H groups in total. The zero-order valence-electron chi connectivity index (χ0n) is 14.7. The van der Waals surface area contributed by atoms with E-state index in [1.165, 1.54) is 0 Å². The highest BCUT2D eigenvalue weighted by Gasteiger charge is 2.12. The van der Waals surface area contributed by atoms with Gasteiger partial charge in [0.05, 0.1) is 5.69 Å². The Balaban J connectivity index is 1.55. The van der Waals surface area contributed by atoms with Crippen molar-refractivity contribution in [2.45, 2.75) is 13.0 Å². The van der Waals surface area contributed by atoms with Crippen LogP contribution in [-0.2, 0) is 16.1 Å². The lowest BCUT2D eigenvalue weighted by molar-refractivity contribution is -0.126. The standard InChI is InChI=1S/C22H20N2O3/c25-21(23-16-17-9-3-1-4-10-17)15-22(26)24-19-13-7-8-14-20(19)27-18-11-5-2-6-12-18/h1-14H,15-16H2,(H,23,25)(H,24,26). The Hall–Kier alpha value is -3.60. The fourth-order valence-electron chi connectivity index (χ4n) is 2.47. The fraction of sp³-hybridized carbons (Fsp3) is 0.0909. The molecule has 0 heterocycles. The van der Waals surface area contributed by atoms with Crippen LogP contribution in [0, 0.1) is 0 Å². The van der Waals surface area contributed by atoms with Crippen molar-refractivity contribution in [1.29, 1.82) is 0 Å². The summed E-state index contributed by atoms with van der Waals surface area (Å²) >= 11 is 0. The van der Waals surface area contributed by atoms with Crippen molar-refractivity contribution >= 4 is 17.5 Å². The van der Waals surface area contributed by atoms with E-state index in [1.807, 2.05) is 66.7 Å². The highest BCUT2D eigenvalue weighted by molar-refractivity contribution is 6.04. The van der Waals surface area contributed by atoms with E-state index >= 15 is 0 Å². The average molecular weight is 360 g/mol. The fourth-order valence-corrected chi connectivity index (χ4v) is 2.47. The smallest absolute Gasteiger partial charge is 0.233 e. The second-order valence-corrected chi connectivity index (χ2v) is 5.90. The third-order valence-electron chi connectivity index (χ3n) is 3.79. The number of amides is 2. The highest BCUT2D eigenvalue weighted by Crippen LogP contribution is 2.29. The van der Waals surface area contributed by atoms with Gasteiger partial charge in [-0.05, 0) is 29.8 Å². The molecule has 0 aliphatic carbocycles. The normalized spacial score (nSPS) is 10.1. The van der Waals surface area contributed by atoms with Crippen molar-refractivity contribution in [2.24, 2.45) is 0 Å². The Bertz CT molecular complexity index is 896. The Morgan fingerprint density at radius 3 is 2.11 bits per heavy atom. The lowest BCUT2D eigenvalue weighted by Gasteiger charge is -2.12. The molecule has 0 radical (unpaired) electrons. The van der Waals surface area contributed by atoms with Crippen LogP contribution in [0.15, 0.2) is 84.9 Å². The molecule has 0 aliphatic rings. The van der Waals surface area contributed by atoms with Gasteiger partial charge in [0.25, 0.3) is 0 Å². The molecule has 0 aliphatic heterocycles. The summed E-state index contributed by atoms with van der Waals surface area (Å²) in [6, 6.07) is 25.9. The Morgan fingerprint density at radius 1 is 0.741 bits per heavy atom. The number of rotatable bonds is 7. The maximum absolute atomic E-state index is 12.2. The lowest BCUT2D eigenvalue weighted by Crippen LogP contribution is -2.27. The van der Waals surface area contributed by atoms with E-state index in [0.29, 0.717) is 23.7 Å². The monoisotopic (exact) mass is 360 g/mol. The Morgan fingerprint density at radius 2 is 1.37 bits per heavy atom. The van der Waals surface area contributed by atoms with E-state index in [4.69, 9.17) is 4.74 Å². The van der Waals surface area contributed by atoms with E-state index in [-0.39, 0.29) is 12.3 Å². The van der Waals surface area contributed by atoms with Crippen LogP contribution in [0.2, 0.25) is 0 Å². The summed E-state index contributed by atoms with van der Waals surface area (Å²) in [5, 5.41) is 5.47. The minimum absolute atomic E-state index is 0.257. The topological polar surface area (TPSA) is 67.4 Å². The number of benzene rings is 3. The van der Waals surface area contributed by atoms with Crippen molar-refractivity contribution in [1.82, 2.24) is 5.32 Å². The van der Waals surface area contributed by atoms with Crippen LogP contribution in [0.5, 0.6) is 11.5 Å². The van der Waals surface area contributed by atoms with Gasteiger partial charge in [-0.3, -0.25) is 9.59 Å². The first-order valence-corrected chi connectivity index (χ1v) is 8.63. The molecular formula is C22H20N2O3. The molecule has 0 unspecified atom stereocenters. The summed E-state index contributed by atoms with van der Waals surface area (Å²) in [5.41, 5.74) is 1.50. The van der Waals surface area contributed by atoms with Gasteiger partial charge in [0.2, 0.25) is 11.8 Å². The van der Waals surface area contributed by atoms with Crippen LogP contribution in [0.25, 0.3) is 0 Å². The number of para-hydroxylation sites is 3. The molecule has 0 aromatic heterocycles. The van der Waals surface area contributed by atoms with Gasteiger partial charge in [-0.15, -0.1) is 0 Å². The number of ether oxygens (including phenoxy) is 1. The predicted molar refractivity (Wildman–Crippen MR) is 104 cm³/mol. The molecule has 3 aromatic carbocycles. The summed E-state index contributed by atoms with van der Waals surface area (Å²) in [5.74, 6) is 0.448. The van der Waals surface area contributed by atoms with Gasteiger partial charge >= 0.3 is 0 Å². The summed E-state index contributed by atoms with van der Waals surface area (Å²) in [6.07, 6.45) is -0.257. The van der Waals surface area contributed by atoms with Gasteiger partial charge in [0, 0.05) is 6.54 Å². The molecule has 5 nitrogen and oxygen atoms in total. The lowest BCUT2D eigenvalue weighted by atomic mass is 10.2. The third-order valence-corrected chi connectivity index (χ3v) is 3.79. The molecule has 3 rings (SSSR count). The summed E-state index contributed by atoms with van der Waals surface area (Å²) in [6.45, 7) is 0.390. The third kappa shape index (κ3) is 5.71. The first-order chi connectivity index (χ1) is 13.2. The predicted octanol–water partition coefficient (Wildman–Crippen LogP) is 4.12. The van der Waals surface area contributed by atoms with Crippen molar-refractivity contribution < 1.29 is 14.3 Å². The SMILES string of the molecule is O=C(CC(=O)Nc1ccccc1Oc1ccccc1)NCc1ccccc1. The highest BCUT2D eigenvalue weighted by atomic mass is 16.5. The molecule has 136 valence electrons. The number of anilines is 1. The number of carbonyl (C=O) groups excluding carboxylic acids is 2. The molecule has 27 heavy (non-hydrogen) atoms.